The molecule has 1 aromatic carbocycles. The van der Waals surface area contributed by atoms with Crippen molar-refractivity contribution in [1.29, 1.82) is 0 Å². The number of carbonyl (C=O) groups is 1. The van der Waals surface area contributed by atoms with E-state index in [1.54, 1.807) is 0 Å². The Morgan fingerprint density at radius 3 is 2.76 bits per heavy atom. The minimum Gasteiger partial charge on any atom is -0.343 e. The van der Waals surface area contributed by atoms with Gasteiger partial charge in [0.05, 0.1) is 5.02 Å². The van der Waals surface area contributed by atoms with Crippen molar-refractivity contribution in [3.05, 3.63) is 51.6 Å². The average Bonchev–Trinajstić information content (AvgIpc) is 3.01. The number of fused-ring (bicyclic) bond motifs is 1. The van der Waals surface area contributed by atoms with Crippen molar-refractivity contribution in [2.75, 3.05) is 5.32 Å². The van der Waals surface area contributed by atoms with E-state index in [2.05, 4.69) is 5.32 Å². The van der Waals surface area contributed by atoms with E-state index in [4.69, 9.17) is 17.3 Å². The number of nitrogens with zero attached hydrogens (tertiary/aromatic N) is 1. The van der Waals surface area contributed by atoms with E-state index < -0.39 is 5.82 Å². The molecule has 1 saturated carbocycles. The van der Waals surface area contributed by atoms with E-state index in [-0.39, 0.29) is 17.0 Å². The molecule has 132 valence electrons. The van der Waals surface area contributed by atoms with Crippen molar-refractivity contribution in [2.24, 2.45) is 12.8 Å². The van der Waals surface area contributed by atoms with Gasteiger partial charge in [0.2, 0.25) is 0 Å². The molecule has 0 spiro atoms. The third-order valence-electron chi connectivity index (χ3n) is 5.54. The van der Waals surface area contributed by atoms with Gasteiger partial charge in [0.15, 0.2) is 0 Å². The largest absolute Gasteiger partial charge is 0.343 e. The first-order valence-corrected chi connectivity index (χ1v) is 9.08. The molecule has 1 fully saturated rings. The van der Waals surface area contributed by atoms with Gasteiger partial charge in [-0.2, -0.15) is 0 Å². The minimum atomic E-state index is -0.502. The van der Waals surface area contributed by atoms with Gasteiger partial charge in [-0.05, 0) is 60.9 Å². The van der Waals surface area contributed by atoms with E-state index in [9.17, 15) is 9.18 Å². The second-order valence-corrected chi connectivity index (χ2v) is 7.45. The fourth-order valence-electron chi connectivity index (χ4n) is 4.13. The summed E-state index contributed by atoms with van der Waals surface area (Å²) in [5.74, 6) is -0.191. The molecule has 2 aliphatic carbocycles. The van der Waals surface area contributed by atoms with Crippen LogP contribution in [0.3, 0.4) is 0 Å². The Bertz CT molecular complexity index is 857. The Morgan fingerprint density at radius 2 is 2.12 bits per heavy atom. The van der Waals surface area contributed by atoms with Crippen molar-refractivity contribution in [2.45, 2.75) is 44.1 Å². The van der Waals surface area contributed by atoms with Crippen LogP contribution in [0, 0.1) is 5.82 Å². The van der Waals surface area contributed by atoms with Gasteiger partial charge in [0.25, 0.3) is 5.91 Å². The number of amides is 1. The number of nitrogens with two attached hydrogens (primary N) is 1. The zero-order chi connectivity index (χ0) is 17.7. The maximum atomic E-state index is 13.3. The highest BCUT2D eigenvalue weighted by Gasteiger charge is 2.36. The first-order valence-electron chi connectivity index (χ1n) is 8.70. The quantitative estimate of drug-likeness (QED) is 0.857. The second-order valence-electron chi connectivity index (χ2n) is 7.04. The molecule has 2 aromatic rings. The van der Waals surface area contributed by atoms with E-state index >= 15 is 0 Å². The maximum Gasteiger partial charge on any atom is 0.272 e. The number of nitrogens with one attached hydrogen (secondary N) is 1. The van der Waals surface area contributed by atoms with Crippen molar-refractivity contribution in [3.8, 4) is 0 Å². The van der Waals surface area contributed by atoms with Crippen LogP contribution in [-0.4, -0.2) is 10.5 Å². The lowest BCUT2D eigenvalue weighted by atomic mass is 9.80. The molecular weight excluding hydrogens is 341 g/mol. The molecule has 0 saturated heterocycles. The first kappa shape index (κ1) is 16.6. The Balaban J connectivity index is 1.71. The van der Waals surface area contributed by atoms with Crippen LogP contribution in [-0.2, 0) is 13.5 Å². The monoisotopic (exact) mass is 361 g/mol. The smallest absolute Gasteiger partial charge is 0.272 e. The molecule has 1 atom stereocenters. The Hall–Kier alpha value is -1.85. The summed E-state index contributed by atoms with van der Waals surface area (Å²) in [7, 11) is 1.95. The lowest BCUT2D eigenvalue weighted by Gasteiger charge is -2.28. The van der Waals surface area contributed by atoms with Crippen LogP contribution < -0.4 is 11.1 Å². The predicted octanol–water partition coefficient (Wildman–Crippen LogP) is 4.28. The Labute approximate surface area is 151 Å². The summed E-state index contributed by atoms with van der Waals surface area (Å²) in [5.41, 5.74) is 11.0. The lowest BCUT2D eigenvalue weighted by Crippen LogP contribution is -2.21. The van der Waals surface area contributed by atoms with E-state index in [0.717, 1.165) is 31.2 Å². The van der Waals surface area contributed by atoms with Crippen LogP contribution in [0.5, 0.6) is 0 Å². The van der Waals surface area contributed by atoms with Gasteiger partial charge in [-0.3, -0.25) is 4.79 Å². The molecule has 2 aliphatic rings. The van der Waals surface area contributed by atoms with Crippen molar-refractivity contribution in [1.82, 2.24) is 4.57 Å². The zero-order valence-corrected chi connectivity index (χ0v) is 14.9. The van der Waals surface area contributed by atoms with Crippen LogP contribution in [0.25, 0.3) is 0 Å². The zero-order valence-electron chi connectivity index (χ0n) is 14.1. The van der Waals surface area contributed by atoms with Crippen molar-refractivity contribution >= 4 is 23.2 Å². The third-order valence-corrected chi connectivity index (χ3v) is 5.83. The number of aromatic nitrogens is 1. The SMILES string of the molecule is Cn1c(C(=O)Nc2ccc(F)c(Cl)c2)c2c(c1C1CCC1)C(N)CC2. The fourth-order valence-corrected chi connectivity index (χ4v) is 4.31. The fraction of sp³-hybridized carbons (Fsp3) is 0.421. The number of rotatable bonds is 3. The second kappa shape index (κ2) is 6.15. The highest BCUT2D eigenvalue weighted by molar-refractivity contribution is 6.31. The summed E-state index contributed by atoms with van der Waals surface area (Å²) >= 11 is 5.81. The molecule has 3 N–H and O–H groups in total. The maximum absolute atomic E-state index is 13.3. The topological polar surface area (TPSA) is 60.0 Å². The molecule has 25 heavy (non-hydrogen) atoms. The van der Waals surface area contributed by atoms with Gasteiger partial charge < -0.3 is 15.6 Å². The molecular formula is C19H21ClFN3O. The van der Waals surface area contributed by atoms with Gasteiger partial charge in [-0.15, -0.1) is 0 Å². The van der Waals surface area contributed by atoms with Crippen LogP contribution in [0.4, 0.5) is 10.1 Å². The molecule has 0 aliphatic heterocycles. The Morgan fingerprint density at radius 1 is 1.36 bits per heavy atom. The number of hydrogen-bond acceptors (Lipinski definition) is 2. The number of anilines is 1. The van der Waals surface area contributed by atoms with Crippen LogP contribution in [0.2, 0.25) is 5.02 Å². The van der Waals surface area contributed by atoms with Crippen molar-refractivity contribution < 1.29 is 9.18 Å². The predicted molar refractivity (Wildman–Crippen MR) is 96.6 cm³/mol. The summed E-state index contributed by atoms with van der Waals surface area (Å²) < 4.78 is 15.3. The van der Waals surface area contributed by atoms with Gasteiger partial charge in [0.1, 0.15) is 11.5 Å². The van der Waals surface area contributed by atoms with Gasteiger partial charge in [-0.1, -0.05) is 18.0 Å². The summed E-state index contributed by atoms with van der Waals surface area (Å²) in [4.78, 5) is 12.9. The number of carbonyl (C=O) groups excluding carboxylic acids is 1. The molecule has 1 amide bonds. The summed E-state index contributed by atoms with van der Waals surface area (Å²) in [6.07, 6.45) is 5.25. The molecule has 6 heteroatoms. The summed E-state index contributed by atoms with van der Waals surface area (Å²) in [6.45, 7) is 0. The normalized spacial score (nSPS) is 19.6. The van der Waals surface area contributed by atoms with Gasteiger partial charge >= 0.3 is 0 Å². The van der Waals surface area contributed by atoms with E-state index in [1.807, 2.05) is 11.6 Å². The summed E-state index contributed by atoms with van der Waals surface area (Å²) in [6, 6.07) is 4.21. The lowest BCUT2D eigenvalue weighted by molar-refractivity contribution is 0.101. The molecule has 1 unspecified atom stereocenters. The molecule has 4 rings (SSSR count). The van der Waals surface area contributed by atoms with Crippen LogP contribution >= 0.6 is 11.6 Å². The molecule has 0 bridgehead atoms. The first-order chi connectivity index (χ1) is 12.0. The van der Waals surface area contributed by atoms with Gasteiger partial charge in [-0.25, -0.2) is 4.39 Å². The molecule has 4 nitrogen and oxygen atoms in total. The molecule has 0 radical (unpaired) electrons. The molecule has 1 heterocycles. The number of benzene rings is 1. The minimum absolute atomic E-state index is 0.00732. The standard InChI is InChI=1S/C19H21ClFN3O/c1-24-17(10-3-2-4-10)16-12(6-8-15(16)22)18(24)19(25)23-11-5-7-14(21)13(20)9-11/h5,7,9-10,15H,2-4,6,8,22H2,1H3,(H,23,25). The highest BCUT2D eigenvalue weighted by Crippen LogP contribution is 2.45. The Kier molecular flexibility index (Phi) is 4.08. The van der Waals surface area contributed by atoms with Crippen LogP contribution in [0.15, 0.2) is 18.2 Å². The number of hydrogen-bond donors (Lipinski definition) is 2. The van der Waals surface area contributed by atoms with E-state index in [1.165, 1.54) is 35.9 Å². The van der Waals surface area contributed by atoms with Crippen molar-refractivity contribution in [3.63, 3.8) is 0 Å². The highest BCUT2D eigenvalue weighted by atomic mass is 35.5. The molecule has 1 aromatic heterocycles. The van der Waals surface area contributed by atoms with E-state index in [0.29, 0.717) is 17.3 Å². The number of halogens is 2. The summed E-state index contributed by atoms with van der Waals surface area (Å²) in [5, 5.41) is 2.84. The van der Waals surface area contributed by atoms with Crippen LogP contribution in [0.1, 0.15) is 65.0 Å². The van der Waals surface area contributed by atoms with Gasteiger partial charge in [0, 0.05) is 24.5 Å². The average molecular weight is 362 g/mol. The third kappa shape index (κ3) is 2.66.